The van der Waals surface area contributed by atoms with Crippen molar-refractivity contribution in [3.8, 4) is 11.3 Å². The molecular formula is C18H25N3O3S. The van der Waals surface area contributed by atoms with Gasteiger partial charge in [0.1, 0.15) is 10.6 Å². The Balaban J connectivity index is 2.35. The zero-order valence-electron chi connectivity index (χ0n) is 15.3. The average molecular weight is 363 g/mol. The van der Waals surface area contributed by atoms with E-state index in [1.165, 1.54) is 13.8 Å². The Kier molecular flexibility index (Phi) is 5.37. The van der Waals surface area contributed by atoms with Crippen molar-refractivity contribution in [2.45, 2.75) is 38.9 Å². The maximum atomic E-state index is 12.7. The highest BCUT2D eigenvalue weighted by atomic mass is 32.2. The van der Waals surface area contributed by atoms with Crippen molar-refractivity contribution in [3.05, 3.63) is 35.9 Å². The number of carbonyl (C=O) groups excluding carboxylic acids is 1. The van der Waals surface area contributed by atoms with Gasteiger partial charge in [0.05, 0.1) is 11.4 Å². The molecule has 0 bridgehead atoms. The zero-order chi connectivity index (χ0) is 18.8. The number of hydrogen-bond acceptors (Lipinski definition) is 4. The first-order valence-corrected chi connectivity index (χ1v) is 9.89. The number of anilines is 1. The minimum Gasteiger partial charge on any atom is -0.309 e. The predicted octanol–water partition coefficient (Wildman–Crippen LogP) is 2.94. The maximum absolute atomic E-state index is 12.7. The molecule has 1 N–H and O–H groups in total. The Morgan fingerprint density at radius 1 is 1.24 bits per heavy atom. The number of sulfone groups is 1. The van der Waals surface area contributed by atoms with E-state index in [1.54, 1.807) is 18.7 Å². The quantitative estimate of drug-likeness (QED) is 0.855. The molecule has 136 valence electrons. The summed E-state index contributed by atoms with van der Waals surface area (Å²) >= 11 is 0. The molecule has 0 saturated carbocycles. The molecule has 0 atom stereocenters. The first-order valence-electron chi connectivity index (χ1n) is 8.24. The molecule has 0 aliphatic heterocycles. The Hall–Kier alpha value is -2.15. The molecule has 2 rings (SSSR count). The SMILES string of the molecule is CCCS(=O)(=O)C(C)(C)C(=O)Nc1c(C)c(-c2ccccc2)nn1C. The number of hydrogen-bond donors (Lipinski definition) is 1. The minimum absolute atomic E-state index is 0.0208. The van der Waals surface area contributed by atoms with E-state index < -0.39 is 20.5 Å². The van der Waals surface area contributed by atoms with E-state index in [-0.39, 0.29) is 5.75 Å². The van der Waals surface area contributed by atoms with Crippen LogP contribution in [0.3, 0.4) is 0 Å². The predicted molar refractivity (Wildman–Crippen MR) is 100 cm³/mol. The number of nitrogens with zero attached hydrogens (tertiary/aromatic N) is 2. The van der Waals surface area contributed by atoms with Gasteiger partial charge in [-0.05, 0) is 27.2 Å². The third-order valence-corrected chi connectivity index (χ3v) is 7.05. The molecular weight excluding hydrogens is 338 g/mol. The summed E-state index contributed by atoms with van der Waals surface area (Å²) in [5.74, 6) is -0.0668. The van der Waals surface area contributed by atoms with Crippen molar-refractivity contribution < 1.29 is 13.2 Å². The van der Waals surface area contributed by atoms with Gasteiger partial charge in [-0.2, -0.15) is 5.10 Å². The smallest absolute Gasteiger partial charge is 0.246 e. The van der Waals surface area contributed by atoms with Crippen molar-refractivity contribution in [1.82, 2.24) is 9.78 Å². The Morgan fingerprint density at radius 2 is 1.84 bits per heavy atom. The van der Waals surface area contributed by atoms with Crippen LogP contribution < -0.4 is 5.32 Å². The standard InChI is InChI=1S/C18H25N3O3S/c1-6-12-25(23,24)18(3,4)17(22)19-16-13(2)15(20-21(16)5)14-10-8-7-9-11-14/h7-11H,6,12H2,1-5H3,(H,19,22). The molecule has 0 aliphatic carbocycles. The molecule has 0 unspecified atom stereocenters. The third kappa shape index (κ3) is 3.61. The second kappa shape index (κ2) is 7.00. The lowest BCUT2D eigenvalue weighted by atomic mass is 10.1. The van der Waals surface area contributed by atoms with E-state index in [1.807, 2.05) is 37.3 Å². The summed E-state index contributed by atoms with van der Waals surface area (Å²) < 4.78 is 24.9. The van der Waals surface area contributed by atoms with Crippen LogP contribution in [0.1, 0.15) is 32.8 Å². The fraction of sp³-hybridized carbons (Fsp3) is 0.444. The van der Waals surface area contributed by atoms with E-state index in [2.05, 4.69) is 10.4 Å². The van der Waals surface area contributed by atoms with Gasteiger partial charge in [-0.25, -0.2) is 8.42 Å². The molecule has 7 heteroatoms. The van der Waals surface area contributed by atoms with Crippen molar-refractivity contribution in [3.63, 3.8) is 0 Å². The topological polar surface area (TPSA) is 81.1 Å². The molecule has 25 heavy (non-hydrogen) atoms. The van der Waals surface area contributed by atoms with Crippen LogP contribution in [0.5, 0.6) is 0 Å². The van der Waals surface area contributed by atoms with Crippen LogP contribution in [0.25, 0.3) is 11.3 Å². The van der Waals surface area contributed by atoms with Crippen LogP contribution in [-0.2, 0) is 21.7 Å². The Morgan fingerprint density at radius 3 is 2.40 bits per heavy atom. The van der Waals surface area contributed by atoms with Crippen LogP contribution in [-0.4, -0.2) is 34.6 Å². The summed E-state index contributed by atoms with van der Waals surface area (Å²) in [5.41, 5.74) is 2.49. The van der Waals surface area contributed by atoms with Crippen molar-refractivity contribution in [2.75, 3.05) is 11.1 Å². The van der Waals surface area contributed by atoms with Gasteiger partial charge in [-0.15, -0.1) is 0 Å². The number of aromatic nitrogens is 2. The lowest BCUT2D eigenvalue weighted by Gasteiger charge is -2.23. The van der Waals surface area contributed by atoms with Gasteiger partial charge in [0.25, 0.3) is 0 Å². The molecule has 0 aliphatic rings. The summed E-state index contributed by atoms with van der Waals surface area (Å²) in [6, 6.07) is 9.64. The Bertz CT molecular complexity index is 868. The van der Waals surface area contributed by atoms with Gasteiger partial charge in [0, 0.05) is 18.2 Å². The molecule has 1 amide bonds. The van der Waals surface area contributed by atoms with Crippen molar-refractivity contribution in [1.29, 1.82) is 0 Å². The molecule has 1 aromatic heterocycles. The van der Waals surface area contributed by atoms with Crippen molar-refractivity contribution >= 4 is 21.6 Å². The van der Waals surface area contributed by atoms with Gasteiger partial charge in [-0.3, -0.25) is 9.48 Å². The number of nitrogens with one attached hydrogen (secondary N) is 1. The molecule has 6 nitrogen and oxygen atoms in total. The number of carbonyl (C=O) groups is 1. The Labute approximate surface area is 149 Å². The second-order valence-corrected chi connectivity index (χ2v) is 9.25. The van der Waals surface area contributed by atoms with Crippen molar-refractivity contribution in [2.24, 2.45) is 7.05 Å². The first kappa shape index (κ1) is 19.2. The second-order valence-electron chi connectivity index (χ2n) is 6.60. The lowest BCUT2D eigenvalue weighted by Crippen LogP contribution is -2.45. The summed E-state index contributed by atoms with van der Waals surface area (Å²) in [4.78, 5) is 12.7. The highest BCUT2D eigenvalue weighted by Gasteiger charge is 2.41. The van der Waals surface area contributed by atoms with Crippen LogP contribution in [0.2, 0.25) is 0 Å². The largest absolute Gasteiger partial charge is 0.309 e. The number of amides is 1. The molecule has 0 fully saturated rings. The number of aryl methyl sites for hydroxylation is 1. The summed E-state index contributed by atoms with van der Waals surface area (Å²) in [6.45, 7) is 6.52. The van der Waals surface area contributed by atoms with E-state index in [4.69, 9.17) is 0 Å². The molecule has 0 saturated heterocycles. The summed E-state index contributed by atoms with van der Waals surface area (Å²) in [5, 5.41) is 7.22. The highest BCUT2D eigenvalue weighted by Crippen LogP contribution is 2.29. The van der Waals surface area contributed by atoms with E-state index in [0.29, 0.717) is 12.2 Å². The average Bonchev–Trinajstić information content (AvgIpc) is 2.83. The lowest BCUT2D eigenvalue weighted by molar-refractivity contribution is -0.117. The zero-order valence-corrected chi connectivity index (χ0v) is 16.1. The van der Waals surface area contributed by atoms with Gasteiger partial charge >= 0.3 is 0 Å². The number of benzene rings is 1. The fourth-order valence-electron chi connectivity index (χ4n) is 2.60. The molecule has 1 heterocycles. The maximum Gasteiger partial charge on any atom is 0.246 e. The van der Waals surface area contributed by atoms with Crippen LogP contribution in [0.15, 0.2) is 30.3 Å². The highest BCUT2D eigenvalue weighted by molar-refractivity contribution is 7.93. The normalized spacial score (nSPS) is 12.2. The minimum atomic E-state index is -3.54. The fourth-order valence-corrected chi connectivity index (χ4v) is 3.98. The van der Waals surface area contributed by atoms with Crippen LogP contribution in [0.4, 0.5) is 5.82 Å². The van der Waals surface area contributed by atoms with Crippen LogP contribution >= 0.6 is 0 Å². The van der Waals surface area contributed by atoms with Gasteiger partial charge < -0.3 is 5.32 Å². The summed E-state index contributed by atoms with van der Waals surface area (Å²) in [7, 11) is -1.82. The summed E-state index contributed by atoms with van der Waals surface area (Å²) in [6.07, 6.45) is 0.474. The third-order valence-electron chi connectivity index (χ3n) is 4.36. The monoisotopic (exact) mass is 363 g/mol. The van der Waals surface area contributed by atoms with Crippen LogP contribution in [0, 0.1) is 6.92 Å². The molecule has 2 aromatic rings. The molecule has 1 aromatic carbocycles. The van der Waals surface area contributed by atoms with E-state index in [0.717, 1.165) is 16.8 Å². The van der Waals surface area contributed by atoms with Gasteiger partial charge in [-0.1, -0.05) is 37.3 Å². The van der Waals surface area contributed by atoms with Gasteiger partial charge in [0.2, 0.25) is 5.91 Å². The first-order chi connectivity index (χ1) is 11.6. The number of rotatable bonds is 6. The molecule has 0 spiro atoms. The van der Waals surface area contributed by atoms with Gasteiger partial charge in [0.15, 0.2) is 9.84 Å². The van der Waals surface area contributed by atoms with E-state index >= 15 is 0 Å². The van der Waals surface area contributed by atoms with E-state index in [9.17, 15) is 13.2 Å². The molecule has 0 radical (unpaired) electrons.